The van der Waals surface area contributed by atoms with Gasteiger partial charge in [-0.25, -0.2) is 4.39 Å². The summed E-state index contributed by atoms with van der Waals surface area (Å²) in [4.78, 5) is 2.20. The third kappa shape index (κ3) is 2.99. The Morgan fingerprint density at radius 1 is 1.33 bits per heavy atom. The molecule has 96 valence electrons. The van der Waals surface area contributed by atoms with Crippen molar-refractivity contribution in [1.82, 2.24) is 0 Å². The van der Waals surface area contributed by atoms with Crippen LogP contribution in [0.25, 0.3) is 10.4 Å². The zero-order valence-corrected chi connectivity index (χ0v) is 12.5. The SMILES string of the molecule is CCCC(N)c1ccc(-c2cc(F)ccc2Br)s1. The highest BCUT2D eigenvalue weighted by Crippen LogP contribution is 2.36. The Morgan fingerprint density at radius 3 is 2.83 bits per heavy atom. The van der Waals surface area contributed by atoms with Gasteiger partial charge in [-0.2, -0.15) is 0 Å². The number of rotatable bonds is 4. The second-order valence-corrected chi connectivity index (χ2v) is 6.19. The lowest BCUT2D eigenvalue weighted by Gasteiger charge is -2.06. The van der Waals surface area contributed by atoms with E-state index in [1.54, 1.807) is 23.5 Å². The van der Waals surface area contributed by atoms with Gasteiger partial charge in [0.25, 0.3) is 0 Å². The van der Waals surface area contributed by atoms with Crippen LogP contribution in [-0.4, -0.2) is 0 Å². The molecule has 0 saturated heterocycles. The first-order chi connectivity index (χ1) is 8.61. The van der Waals surface area contributed by atoms with Crippen molar-refractivity contribution in [2.75, 3.05) is 0 Å². The summed E-state index contributed by atoms with van der Waals surface area (Å²) in [6, 6.07) is 8.86. The molecule has 1 nitrogen and oxygen atoms in total. The zero-order chi connectivity index (χ0) is 13.1. The van der Waals surface area contributed by atoms with E-state index in [0.717, 1.165) is 32.6 Å². The molecule has 0 radical (unpaired) electrons. The molecule has 0 saturated carbocycles. The van der Waals surface area contributed by atoms with E-state index in [-0.39, 0.29) is 11.9 Å². The summed E-state index contributed by atoms with van der Waals surface area (Å²) in [5, 5.41) is 0. The summed E-state index contributed by atoms with van der Waals surface area (Å²) in [6.45, 7) is 2.12. The van der Waals surface area contributed by atoms with Crippen molar-refractivity contribution >= 4 is 27.3 Å². The molecule has 2 aromatic rings. The van der Waals surface area contributed by atoms with E-state index in [1.165, 1.54) is 6.07 Å². The van der Waals surface area contributed by atoms with E-state index in [9.17, 15) is 4.39 Å². The third-order valence-corrected chi connectivity index (χ3v) is 4.73. The molecule has 1 unspecified atom stereocenters. The van der Waals surface area contributed by atoms with E-state index < -0.39 is 0 Å². The summed E-state index contributed by atoms with van der Waals surface area (Å²) in [5.41, 5.74) is 6.97. The predicted octanol–water partition coefficient (Wildman–Crippen LogP) is 5.12. The minimum Gasteiger partial charge on any atom is -0.323 e. The van der Waals surface area contributed by atoms with Crippen molar-refractivity contribution in [2.24, 2.45) is 5.73 Å². The molecule has 1 aromatic carbocycles. The number of benzene rings is 1. The first kappa shape index (κ1) is 13.7. The lowest BCUT2D eigenvalue weighted by molar-refractivity contribution is 0.628. The molecule has 0 aliphatic rings. The van der Waals surface area contributed by atoms with Gasteiger partial charge in [0.05, 0.1) is 0 Å². The molecule has 2 rings (SSSR count). The summed E-state index contributed by atoms with van der Waals surface area (Å²) < 4.78 is 14.2. The highest BCUT2D eigenvalue weighted by atomic mass is 79.9. The first-order valence-corrected chi connectivity index (χ1v) is 7.53. The van der Waals surface area contributed by atoms with Crippen molar-refractivity contribution in [3.63, 3.8) is 0 Å². The maximum absolute atomic E-state index is 13.3. The number of hydrogen-bond acceptors (Lipinski definition) is 2. The van der Waals surface area contributed by atoms with E-state index in [1.807, 2.05) is 12.1 Å². The Bertz CT molecular complexity index is 538. The Hall–Kier alpha value is -0.710. The molecule has 0 aliphatic carbocycles. The quantitative estimate of drug-likeness (QED) is 0.828. The van der Waals surface area contributed by atoms with Gasteiger partial charge < -0.3 is 5.73 Å². The van der Waals surface area contributed by atoms with Crippen molar-refractivity contribution in [1.29, 1.82) is 0 Å². The summed E-state index contributed by atoms with van der Waals surface area (Å²) in [6.07, 6.45) is 2.04. The standard InChI is InChI=1S/C14H15BrFNS/c1-2-3-12(17)14-7-6-13(18-14)10-8-9(16)4-5-11(10)15/h4-8,12H,2-3,17H2,1H3. The maximum Gasteiger partial charge on any atom is 0.123 e. The molecule has 0 amide bonds. The fourth-order valence-corrected chi connectivity index (χ4v) is 3.50. The average molecular weight is 328 g/mol. The largest absolute Gasteiger partial charge is 0.323 e. The van der Waals surface area contributed by atoms with Crippen LogP contribution < -0.4 is 5.73 Å². The van der Waals surface area contributed by atoms with Crippen LogP contribution in [-0.2, 0) is 0 Å². The highest BCUT2D eigenvalue weighted by Gasteiger charge is 2.11. The molecular formula is C14H15BrFNS. The summed E-state index contributed by atoms with van der Waals surface area (Å²) >= 11 is 5.09. The summed E-state index contributed by atoms with van der Waals surface area (Å²) in [5.74, 6) is -0.221. The molecule has 18 heavy (non-hydrogen) atoms. The van der Waals surface area contributed by atoms with Crippen LogP contribution in [0.3, 0.4) is 0 Å². The van der Waals surface area contributed by atoms with Crippen LogP contribution in [0.1, 0.15) is 30.7 Å². The van der Waals surface area contributed by atoms with Crippen molar-refractivity contribution in [3.05, 3.63) is 45.5 Å². The molecule has 2 N–H and O–H groups in total. The minimum atomic E-state index is -0.221. The van der Waals surface area contributed by atoms with Crippen LogP contribution >= 0.6 is 27.3 Å². The minimum absolute atomic E-state index is 0.0843. The molecule has 0 spiro atoms. The lowest BCUT2D eigenvalue weighted by atomic mass is 10.1. The van der Waals surface area contributed by atoms with Gasteiger partial charge in [0, 0.05) is 25.8 Å². The van der Waals surface area contributed by atoms with Crippen molar-refractivity contribution in [2.45, 2.75) is 25.8 Å². The fraction of sp³-hybridized carbons (Fsp3) is 0.286. The second kappa shape index (κ2) is 5.95. The van der Waals surface area contributed by atoms with Crippen LogP contribution in [0, 0.1) is 5.82 Å². The Kier molecular flexibility index (Phi) is 4.54. The van der Waals surface area contributed by atoms with Crippen LogP contribution in [0.4, 0.5) is 4.39 Å². The van der Waals surface area contributed by atoms with Gasteiger partial charge in [-0.05, 0) is 36.8 Å². The van der Waals surface area contributed by atoms with Gasteiger partial charge in [-0.1, -0.05) is 29.3 Å². The van der Waals surface area contributed by atoms with E-state index >= 15 is 0 Å². The topological polar surface area (TPSA) is 26.0 Å². The van der Waals surface area contributed by atoms with E-state index in [4.69, 9.17) is 5.73 Å². The molecule has 1 heterocycles. The van der Waals surface area contributed by atoms with Gasteiger partial charge in [-0.3, -0.25) is 0 Å². The van der Waals surface area contributed by atoms with Gasteiger partial charge in [0.1, 0.15) is 5.82 Å². The Morgan fingerprint density at radius 2 is 2.11 bits per heavy atom. The molecule has 4 heteroatoms. The van der Waals surface area contributed by atoms with Crippen LogP contribution in [0.2, 0.25) is 0 Å². The Labute approximate surface area is 119 Å². The monoisotopic (exact) mass is 327 g/mol. The molecule has 0 bridgehead atoms. The van der Waals surface area contributed by atoms with Crippen molar-refractivity contribution in [3.8, 4) is 10.4 Å². The molecule has 1 atom stereocenters. The second-order valence-electron chi connectivity index (χ2n) is 4.22. The van der Waals surface area contributed by atoms with Crippen LogP contribution in [0.15, 0.2) is 34.8 Å². The van der Waals surface area contributed by atoms with Gasteiger partial charge >= 0.3 is 0 Å². The van der Waals surface area contributed by atoms with Gasteiger partial charge in [-0.15, -0.1) is 11.3 Å². The maximum atomic E-state index is 13.3. The number of hydrogen-bond donors (Lipinski definition) is 1. The van der Waals surface area contributed by atoms with Gasteiger partial charge in [0.2, 0.25) is 0 Å². The Balaban J connectivity index is 2.32. The summed E-state index contributed by atoms with van der Waals surface area (Å²) in [7, 11) is 0. The number of thiophene rings is 1. The highest BCUT2D eigenvalue weighted by molar-refractivity contribution is 9.10. The molecule has 1 aromatic heterocycles. The molecule has 0 aliphatic heterocycles. The van der Waals surface area contributed by atoms with E-state index in [0.29, 0.717) is 0 Å². The van der Waals surface area contributed by atoms with Crippen molar-refractivity contribution < 1.29 is 4.39 Å². The first-order valence-electron chi connectivity index (χ1n) is 5.92. The van der Waals surface area contributed by atoms with Crippen LogP contribution in [0.5, 0.6) is 0 Å². The zero-order valence-electron chi connectivity index (χ0n) is 10.1. The smallest absolute Gasteiger partial charge is 0.123 e. The molecular weight excluding hydrogens is 313 g/mol. The lowest BCUT2D eigenvalue weighted by Crippen LogP contribution is -2.07. The number of halogens is 2. The normalized spacial score (nSPS) is 12.7. The third-order valence-electron chi connectivity index (χ3n) is 2.79. The number of nitrogens with two attached hydrogens (primary N) is 1. The average Bonchev–Trinajstić information content (AvgIpc) is 2.82. The van der Waals surface area contributed by atoms with E-state index in [2.05, 4.69) is 22.9 Å². The fourth-order valence-electron chi connectivity index (χ4n) is 1.84. The predicted molar refractivity (Wildman–Crippen MR) is 79.2 cm³/mol. The molecule has 0 fully saturated rings. The van der Waals surface area contributed by atoms with Gasteiger partial charge in [0.15, 0.2) is 0 Å².